The number of rotatable bonds is 0. The van der Waals surface area contributed by atoms with Gasteiger partial charge in [0.25, 0.3) is 0 Å². The first-order valence-corrected chi connectivity index (χ1v) is 4.85. The monoisotopic (exact) mass is 196 g/mol. The Balaban J connectivity index is 2.28. The minimum Gasteiger partial charge on any atom is -0.294 e. The van der Waals surface area contributed by atoms with E-state index >= 15 is 0 Å². The fourth-order valence-corrected chi connectivity index (χ4v) is 2.10. The van der Waals surface area contributed by atoms with Gasteiger partial charge in [-0.1, -0.05) is 24.3 Å². The zero-order valence-electron chi connectivity index (χ0n) is 7.99. The highest BCUT2D eigenvalue weighted by atomic mass is 16.1. The third-order valence-corrected chi connectivity index (χ3v) is 2.78. The number of carbonyl (C=O) groups is 2. The van der Waals surface area contributed by atoms with Crippen molar-refractivity contribution in [2.24, 2.45) is 0 Å². The van der Waals surface area contributed by atoms with Crippen molar-refractivity contribution < 1.29 is 9.59 Å². The Bertz CT molecular complexity index is 547. The lowest BCUT2D eigenvalue weighted by atomic mass is 9.91. The Morgan fingerprint density at radius 1 is 0.933 bits per heavy atom. The van der Waals surface area contributed by atoms with Gasteiger partial charge in [0.05, 0.1) is 6.42 Å². The highest BCUT2D eigenvalue weighted by Gasteiger charge is 2.28. The van der Waals surface area contributed by atoms with Gasteiger partial charge in [-0.05, 0) is 28.9 Å². The zero-order chi connectivity index (χ0) is 10.4. The van der Waals surface area contributed by atoms with Gasteiger partial charge in [0.15, 0.2) is 11.6 Å². The molecule has 1 aromatic carbocycles. The Labute approximate surface area is 86.9 Å². The van der Waals surface area contributed by atoms with Gasteiger partial charge >= 0.3 is 0 Å². The molecule has 0 spiro atoms. The molecule has 0 saturated heterocycles. The summed E-state index contributed by atoms with van der Waals surface area (Å²) in [5.74, 6) is -0.155. The van der Waals surface area contributed by atoms with E-state index in [9.17, 15) is 9.59 Å². The van der Waals surface area contributed by atoms with Crippen LogP contribution in [0.2, 0.25) is 0 Å². The summed E-state index contributed by atoms with van der Waals surface area (Å²) in [4.78, 5) is 22.9. The molecule has 0 unspecified atom stereocenters. The van der Waals surface area contributed by atoms with Crippen LogP contribution in [0.5, 0.6) is 0 Å². The highest BCUT2D eigenvalue weighted by Crippen LogP contribution is 2.38. The molecule has 0 N–H and O–H groups in total. The summed E-state index contributed by atoms with van der Waals surface area (Å²) in [6.45, 7) is 0. The molecule has 1 aromatic rings. The molecule has 72 valence electrons. The van der Waals surface area contributed by atoms with Crippen molar-refractivity contribution in [1.29, 1.82) is 0 Å². The van der Waals surface area contributed by atoms with Gasteiger partial charge in [0, 0.05) is 5.57 Å². The van der Waals surface area contributed by atoms with Gasteiger partial charge in [0.2, 0.25) is 0 Å². The molecule has 0 bridgehead atoms. The molecule has 0 saturated carbocycles. The van der Waals surface area contributed by atoms with E-state index in [4.69, 9.17) is 0 Å². The molecule has 2 nitrogen and oxygen atoms in total. The zero-order valence-corrected chi connectivity index (χ0v) is 7.99. The van der Waals surface area contributed by atoms with E-state index < -0.39 is 0 Å². The van der Waals surface area contributed by atoms with Crippen molar-refractivity contribution >= 4 is 23.2 Å². The van der Waals surface area contributed by atoms with Gasteiger partial charge in [-0.2, -0.15) is 0 Å². The van der Waals surface area contributed by atoms with Crippen LogP contribution in [0.25, 0.3) is 11.6 Å². The normalized spacial score (nSPS) is 18.1. The Morgan fingerprint density at radius 3 is 2.60 bits per heavy atom. The van der Waals surface area contributed by atoms with Gasteiger partial charge < -0.3 is 0 Å². The number of hydrogen-bond acceptors (Lipinski definition) is 2. The van der Waals surface area contributed by atoms with Gasteiger partial charge in [-0.15, -0.1) is 0 Å². The molecular weight excluding hydrogens is 188 g/mol. The van der Waals surface area contributed by atoms with Crippen molar-refractivity contribution in [1.82, 2.24) is 0 Å². The number of benzene rings is 1. The number of allylic oxidation sites excluding steroid dienone is 3. The smallest absolute Gasteiger partial charge is 0.171 e. The Kier molecular flexibility index (Phi) is 1.54. The summed E-state index contributed by atoms with van der Waals surface area (Å²) in [6.07, 6.45) is 3.47. The van der Waals surface area contributed by atoms with Crippen molar-refractivity contribution in [3.8, 4) is 0 Å². The summed E-state index contributed by atoms with van der Waals surface area (Å²) in [5, 5.41) is 0. The average molecular weight is 196 g/mol. The molecular formula is C13H8O2. The third kappa shape index (κ3) is 1.11. The first kappa shape index (κ1) is 8.36. The molecule has 0 atom stereocenters. The van der Waals surface area contributed by atoms with Gasteiger partial charge in [-0.3, -0.25) is 9.59 Å². The molecule has 0 fully saturated rings. The quantitative estimate of drug-likeness (QED) is 0.595. The van der Waals surface area contributed by atoms with Crippen LogP contribution >= 0.6 is 0 Å². The first-order valence-electron chi connectivity index (χ1n) is 4.85. The molecule has 0 amide bonds. The van der Waals surface area contributed by atoms with Crippen LogP contribution in [-0.4, -0.2) is 11.6 Å². The standard InChI is InChI=1S/C13H8O2/c14-9-6-11-10-4-2-1-3-8(10)5-12(11)13(15)7-9/h1-6H,7H2. The lowest BCUT2D eigenvalue weighted by Gasteiger charge is -2.10. The van der Waals surface area contributed by atoms with Crippen LogP contribution in [-0.2, 0) is 9.59 Å². The van der Waals surface area contributed by atoms with E-state index in [1.807, 2.05) is 30.3 Å². The van der Waals surface area contributed by atoms with Crippen LogP contribution < -0.4 is 0 Å². The number of ketones is 2. The van der Waals surface area contributed by atoms with Crippen LogP contribution in [0.15, 0.2) is 35.9 Å². The molecule has 2 heteroatoms. The number of fused-ring (bicyclic) bond motifs is 3. The number of carbonyl (C=O) groups excluding carboxylic acids is 2. The number of hydrogen-bond donors (Lipinski definition) is 0. The van der Waals surface area contributed by atoms with Crippen molar-refractivity contribution in [2.75, 3.05) is 0 Å². The molecule has 0 aliphatic heterocycles. The Morgan fingerprint density at radius 2 is 1.73 bits per heavy atom. The topological polar surface area (TPSA) is 34.1 Å². The molecule has 3 rings (SSSR count). The third-order valence-electron chi connectivity index (χ3n) is 2.78. The van der Waals surface area contributed by atoms with Crippen molar-refractivity contribution in [3.63, 3.8) is 0 Å². The fraction of sp³-hybridized carbons (Fsp3) is 0.0769. The summed E-state index contributed by atoms with van der Waals surface area (Å²) in [6, 6.07) is 7.75. The lowest BCUT2D eigenvalue weighted by molar-refractivity contribution is -0.122. The van der Waals surface area contributed by atoms with Crippen molar-refractivity contribution in [2.45, 2.75) is 6.42 Å². The summed E-state index contributed by atoms with van der Waals surface area (Å²) >= 11 is 0. The second-order valence-electron chi connectivity index (χ2n) is 3.77. The first-order chi connectivity index (χ1) is 7.25. The summed E-state index contributed by atoms with van der Waals surface area (Å²) in [7, 11) is 0. The summed E-state index contributed by atoms with van der Waals surface area (Å²) in [5.41, 5.74) is 3.51. The molecule has 2 aliphatic rings. The number of Topliss-reactive ketones (excluding diaryl/α,β-unsaturated/α-hetero) is 1. The average Bonchev–Trinajstić information content (AvgIpc) is 2.57. The fourth-order valence-electron chi connectivity index (χ4n) is 2.10. The van der Waals surface area contributed by atoms with Crippen LogP contribution in [0.1, 0.15) is 17.5 Å². The highest BCUT2D eigenvalue weighted by molar-refractivity contribution is 6.29. The van der Waals surface area contributed by atoms with Crippen molar-refractivity contribution in [3.05, 3.63) is 47.0 Å². The van der Waals surface area contributed by atoms with Gasteiger partial charge in [0.1, 0.15) is 0 Å². The molecule has 0 heterocycles. The van der Waals surface area contributed by atoms with Crippen LogP contribution in [0, 0.1) is 0 Å². The lowest BCUT2D eigenvalue weighted by Crippen LogP contribution is -2.13. The predicted molar refractivity (Wildman–Crippen MR) is 57.0 cm³/mol. The minimum absolute atomic E-state index is 0.0172. The maximum atomic E-state index is 11.6. The van der Waals surface area contributed by atoms with E-state index in [1.54, 1.807) is 6.08 Å². The maximum Gasteiger partial charge on any atom is 0.171 e. The molecule has 15 heavy (non-hydrogen) atoms. The van der Waals surface area contributed by atoms with E-state index in [2.05, 4.69) is 0 Å². The van der Waals surface area contributed by atoms with Crippen LogP contribution in [0.4, 0.5) is 0 Å². The van der Waals surface area contributed by atoms with E-state index in [0.29, 0.717) is 5.57 Å². The van der Waals surface area contributed by atoms with Gasteiger partial charge in [-0.25, -0.2) is 0 Å². The second-order valence-corrected chi connectivity index (χ2v) is 3.77. The van der Waals surface area contributed by atoms with Crippen LogP contribution in [0.3, 0.4) is 0 Å². The minimum atomic E-state index is -0.0937. The van der Waals surface area contributed by atoms with E-state index in [-0.39, 0.29) is 18.0 Å². The Hall–Kier alpha value is -1.96. The van der Waals surface area contributed by atoms with E-state index in [1.165, 1.54) is 0 Å². The molecule has 0 aromatic heterocycles. The SMILES string of the molecule is O=C1C=C2C(=Cc3ccccc32)C(=O)C1. The molecule has 2 aliphatic carbocycles. The van der Waals surface area contributed by atoms with E-state index in [0.717, 1.165) is 16.7 Å². The second kappa shape index (κ2) is 2.76. The predicted octanol–water partition coefficient (Wildman–Crippen LogP) is 2.01. The molecule has 0 radical (unpaired) electrons. The maximum absolute atomic E-state index is 11.6. The largest absolute Gasteiger partial charge is 0.294 e. The summed E-state index contributed by atoms with van der Waals surface area (Å²) < 4.78 is 0.